The Morgan fingerprint density at radius 3 is 2.84 bits per heavy atom. The third kappa shape index (κ3) is 3.24. The number of nitrogens with zero attached hydrogens (tertiary/aromatic N) is 2. The van der Waals surface area contributed by atoms with Gasteiger partial charge in [0.25, 0.3) is 0 Å². The second-order valence-electron chi connectivity index (χ2n) is 3.67. The van der Waals surface area contributed by atoms with Crippen LogP contribution in [0, 0.1) is 0 Å². The number of ether oxygens (including phenoxy) is 1. The average molecular weight is 296 g/mol. The lowest BCUT2D eigenvalue weighted by Crippen LogP contribution is -2.10. The van der Waals surface area contributed by atoms with Gasteiger partial charge in [-0.15, -0.1) is 10.2 Å². The first-order valence-electron chi connectivity index (χ1n) is 5.48. The largest absolute Gasteiger partial charge is 0.496 e. The lowest BCUT2D eigenvalue weighted by molar-refractivity contribution is -0.136. The number of rotatable bonds is 5. The summed E-state index contributed by atoms with van der Waals surface area (Å²) in [7, 11) is 1.60. The van der Waals surface area contributed by atoms with Crippen LogP contribution in [-0.4, -0.2) is 33.6 Å². The maximum Gasteiger partial charge on any atom is 0.316 e. The molecule has 0 saturated carbocycles. The second kappa shape index (κ2) is 6.03. The summed E-state index contributed by atoms with van der Waals surface area (Å²) in [5.74, 6) is -0.138. The maximum absolute atomic E-state index is 10.8. The summed E-state index contributed by atoms with van der Waals surface area (Å²) in [5, 5.41) is 17.1. The molecule has 1 unspecified atom stereocenters. The Morgan fingerprint density at radius 1 is 1.42 bits per heavy atom. The molecule has 1 N–H and O–H groups in total. The van der Waals surface area contributed by atoms with E-state index < -0.39 is 11.2 Å². The number of methoxy groups -OCH3 is 1. The predicted octanol–water partition coefficient (Wildman–Crippen LogP) is 2.78. The average Bonchev–Trinajstić information content (AvgIpc) is 2.86. The zero-order valence-corrected chi connectivity index (χ0v) is 12.0. The molecule has 0 aliphatic rings. The van der Waals surface area contributed by atoms with Crippen molar-refractivity contribution in [2.24, 2.45) is 0 Å². The van der Waals surface area contributed by atoms with Gasteiger partial charge < -0.3 is 9.84 Å². The molecular formula is C12H12N2O3S2. The number of thioether (sulfide) groups is 1. The number of aromatic nitrogens is 2. The Labute approximate surface area is 118 Å². The van der Waals surface area contributed by atoms with Crippen LogP contribution < -0.4 is 4.74 Å². The van der Waals surface area contributed by atoms with E-state index in [-0.39, 0.29) is 0 Å². The van der Waals surface area contributed by atoms with Crippen LogP contribution in [0.15, 0.2) is 28.6 Å². The standard InChI is InChI=1S/C12H12N2O3S2/c1-7(11(15)16)18-12-14-13-10(19-12)8-5-3-4-6-9(8)17-2/h3-7H,1-2H3,(H,15,16). The minimum atomic E-state index is -0.862. The number of carboxylic acid groups (broad SMARTS) is 1. The molecule has 1 aromatic heterocycles. The van der Waals surface area contributed by atoms with Gasteiger partial charge >= 0.3 is 5.97 Å². The first kappa shape index (κ1) is 13.8. The summed E-state index contributed by atoms with van der Waals surface area (Å²) in [4.78, 5) is 10.8. The van der Waals surface area contributed by atoms with Gasteiger partial charge in [0.15, 0.2) is 9.35 Å². The molecule has 0 fully saturated rings. The Kier molecular flexibility index (Phi) is 4.39. The lowest BCUT2D eigenvalue weighted by atomic mass is 10.2. The van der Waals surface area contributed by atoms with Crippen molar-refractivity contribution in [3.05, 3.63) is 24.3 Å². The third-order valence-corrected chi connectivity index (χ3v) is 4.50. The van der Waals surface area contributed by atoms with Gasteiger partial charge in [-0.05, 0) is 19.1 Å². The van der Waals surface area contributed by atoms with Crippen molar-refractivity contribution in [3.8, 4) is 16.3 Å². The minimum Gasteiger partial charge on any atom is -0.496 e. The fourth-order valence-electron chi connectivity index (χ4n) is 1.39. The van der Waals surface area contributed by atoms with Crippen LogP contribution in [0.2, 0.25) is 0 Å². The smallest absolute Gasteiger partial charge is 0.316 e. The van der Waals surface area contributed by atoms with Crippen LogP contribution in [0.3, 0.4) is 0 Å². The topological polar surface area (TPSA) is 72.3 Å². The summed E-state index contributed by atoms with van der Waals surface area (Å²) < 4.78 is 5.90. The van der Waals surface area contributed by atoms with Crippen LogP contribution in [0.5, 0.6) is 5.75 Å². The molecule has 5 nitrogen and oxygen atoms in total. The fraction of sp³-hybridized carbons (Fsp3) is 0.250. The Balaban J connectivity index is 2.23. The van der Waals surface area contributed by atoms with E-state index in [0.717, 1.165) is 16.3 Å². The number of benzene rings is 1. The quantitative estimate of drug-likeness (QED) is 0.855. The van der Waals surface area contributed by atoms with Crippen LogP contribution >= 0.6 is 23.1 Å². The molecule has 0 aliphatic carbocycles. The molecule has 0 saturated heterocycles. The van der Waals surface area contributed by atoms with E-state index in [9.17, 15) is 4.79 Å². The molecule has 0 spiro atoms. The summed E-state index contributed by atoms with van der Waals surface area (Å²) in [5.41, 5.74) is 0.859. The van der Waals surface area contributed by atoms with Gasteiger partial charge in [0.05, 0.1) is 12.7 Å². The van der Waals surface area contributed by atoms with Crippen molar-refractivity contribution in [1.82, 2.24) is 10.2 Å². The maximum atomic E-state index is 10.8. The Hall–Kier alpha value is -1.60. The molecule has 0 radical (unpaired) electrons. The van der Waals surface area contributed by atoms with E-state index >= 15 is 0 Å². The van der Waals surface area contributed by atoms with E-state index in [1.54, 1.807) is 14.0 Å². The zero-order chi connectivity index (χ0) is 13.8. The molecule has 19 heavy (non-hydrogen) atoms. The van der Waals surface area contributed by atoms with E-state index in [0.29, 0.717) is 4.34 Å². The normalized spacial score (nSPS) is 12.1. The Morgan fingerprint density at radius 2 is 2.16 bits per heavy atom. The monoisotopic (exact) mass is 296 g/mol. The SMILES string of the molecule is COc1ccccc1-c1nnc(SC(C)C(=O)O)s1. The number of carbonyl (C=O) groups is 1. The van der Waals surface area contributed by atoms with Crippen LogP contribution in [0.4, 0.5) is 0 Å². The third-order valence-electron chi connectivity index (χ3n) is 2.37. The summed E-state index contributed by atoms with van der Waals surface area (Å²) in [6.45, 7) is 1.62. The molecule has 0 bridgehead atoms. The second-order valence-corrected chi connectivity index (χ2v) is 6.24. The highest BCUT2D eigenvalue weighted by Crippen LogP contribution is 2.35. The van der Waals surface area contributed by atoms with Gasteiger partial charge in [0.2, 0.25) is 0 Å². The number of hydrogen-bond donors (Lipinski definition) is 1. The van der Waals surface area contributed by atoms with Crippen molar-refractivity contribution in [1.29, 1.82) is 0 Å². The number of hydrogen-bond acceptors (Lipinski definition) is 6. The van der Waals surface area contributed by atoms with Gasteiger partial charge in [0, 0.05) is 0 Å². The molecular weight excluding hydrogens is 284 g/mol. The number of carboxylic acids is 1. The Bertz CT molecular complexity index is 586. The van der Waals surface area contributed by atoms with Gasteiger partial charge in [0.1, 0.15) is 11.0 Å². The van der Waals surface area contributed by atoms with E-state index in [1.165, 1.54) is 23.1 Å². The van der Waals surface area contributed by atoms with Gasteiger partial charge in [-0.3, -0.25) is 4.79 Å². The van der Waals surface area contributed by atoms with Crippen molar-refractivity contribution in [3.63, 3.8) is 0 Å². The van der Waals surface area contributed by atoms with Gasteiger partial charge in [-0.2, -0.15) is 0 Å². The first-order chi connectivity index (χ1) is 9.11. The molecule has 2 rings (SSSR count). The van der Waals surface area contributed by atoms with Crippen molar-refractivity contribution >= 4 is 29.1 Å². The molecule has 7 heteroatoms. The summed E-state index contributed by atoms with van der Waals surface area (Å²) in [6, 6.07) is 7.52. The highest BCUT2D eigenvalue weighted by molar-refractivity contribution is 8.02. The molecule has 100 valence electrons. The molecule has 0 aliphatic heterocycles. The minimum absolute atomic E-state index is 0.543. The van der Waals surface area contributed by atoms with Crippen molar-refractivity contribution in [2.45, 2.75) is 16.5 Å². The molecule has 1 atom stereocenters. The van der Waals surface area contributed by atoms with Crippen LogP contribution in [0.25, 0.3) is 10.6 Å². The zero-order valence-electron chi connectivity index (χ0n) is 10.4. The number of aliphatic carboxylic acids is 1. The number of para-hydroxylation sites is 1. The van der Waals surface area contributed by atoms with Gasteiger partial charge in [-0.1, -0.05) is 35.2 Å². The predicted molar refractivity (Wildman–Crippen MR) is 74.9 cm³/mol. The van der Waals surface area contributed by atoms with E-state index in [4.69, 9.17) is 9.84 Å². The summed E-state index contributed by atoms with van der Waals surface area (Å²) in [6.07, 6.45) is 0. The molecule has 0 amide bonds. The fourth-order valence-corrected chi connectivity index (χ4v) is 3.35. The highest BCUT2D eigenvalue weighted by atomic mass is 32.2. The lowest BCUT2D eigenvalue weighted by Gasteiger charge is -2.03. The molecule has 2 aromatic rings. The van der Waals surface area contributed by atoms with E-state index in [2.05, 4.69) is 10.2 Å². The van der Waals surface area contributed by atoms with E-state index in [1.807, 2.05) is 24.3 Å². The summed E-state index contributed by atoms with van der Waals surface area (Å²) >= 11 is 2.54. The van der Waals surface area contributed by atoms with Crippen molar-refractivity contribution < 1.29 is 14.6 Å². The molecule has 1 aromatic carbocycles. The van der Waals surface area contributed by atoms with Gasteiger partial charge in [-0.25, -0.2) is 0 Å². The van der Waals surface area contributed by atoms with Crippen molar-refractivity contribution in [2.75, 3.05) is 7.11 Å². The first-order valence-corrected chi connectivity index (χ1v) is 7.17. The van der Waals surface area contributed by atoms with Crippen LogP contribution in [-0.2, 0) is 4.79 Å². The highest BCUT2D eigenvalue weighted by Gasteiger charge is 2.17. The van der Waals surface area contributed by atoms with Crippen LogP contribution in [0.1, 0.15) is 6.92 Å². The molecule has 1 heterocycles.